The molecule has 0 aliphatic rings. The lowest BCUT2D eigenvalue weighted by molar-refractivity contribution is 0.481. The number of hydrogen-bond acceptors (Lipinski definition) is 5. The highest BCUT2D eigenvalue weighted by Gasteiger charge is 2.13. The summed E-state index contributed by atoms with van der Waals surface area (Å²) in [6.45, 7) is 0. The minimum atomic E-state index is -0.427. The summed E-state index contributed by atoms with van der Waals surface area (Å²) in [6, 6.07) is 9.95. The van der Waals surface area contributed by atoms with Gasteiger partial charge in [-0.2, -0.15) is 0 Å². The second-order valence-corrected chi connectivity index (χ2v) is 6.08. The molecule has 0 aliphatic heterocycles. The molecule has 2 N–H and O–H groups in total. The Morgan fingerprint density at radius 2 is 1.92 bits per heavy atom. The number of nitrogens with zero attached hydrogens (tertiary/aromatic N) is 3. The Balaban J connectivity index is 1.87. The summed E-state index contributed by atoms with van der Waals surface area (Å²) in [5, 5.41) is 14.0. The van der Waals surface area contributed by atoms with Crippen LogP contribution in [0.25, 0.3) is 21.8 Å². The quantitative estimate of drug-likeness (QED) is 0.531. The van der Waals surface area contributed by atoms with Gasteiger partial charge in [0, 0.05) is 16.1 Å². The highest BCUT2D eigenvalue weighted by Crippen LogP contribution is 2.34. The van der Waals surface area contributed by atoms with Crippen LogP contribution in [-0.2, 0) is 0 Å². The van der Waals surface area contributed by atoms with Crippen molar-refractivity contribution in [3.8, 4) is 5.75 Å². The van der Waals surface area contributed by atoms with E-state index in [0.717, 1.165) is 0 Å². The lowest BCUT2D eigenvalue weighted by Crippen LogP contribution is -1.99. The van der Waals surface area contributed by atoms with Gasteiger partial charge in [0.25, 0.3) is 0 Å². The van der Waals surface area contributed by atoms with Crippen LogP contribution >= 0.6 is 15.9 Å². The Morgan fingerprint density at radius 1 is 1.04 bits per heavy atom. The van der Waals surface area contributed by atoms with Crippen molar-refractivity contribution in [2.75, 3.05) is 5.32 Å². The summed E-state index contributed by atoms with van der Waals surface area (Å²) in [7, 11) is 0. The Morgan fingerprint density at radius 3 is 2.79 bits per heavy atom. The maximum atomic E-state index is 14.7. The van der Waals surface area contributed by atoms with Crippen LogP contribution in [0.2, 0.25) is 0 Å². The zero-order chi connectivity index (χ0) is 16.7. The Hall–Kier alpha value is -2.80. The predicted octanol–water partition coefficient (Wildman–Crippen LogP) is 4.53. The normalized spacial score (nSPS) is 11.1. The average molecular weight is 385 g/mol. The molecule has 0 saturated carbocycles. The van der Waals surface area contributed by atoms with Gasteiger partial charge in [0.15, 0.2) is 5.82 Å². The van der Waals surface area contributed by atoms with Crippen molar-refractivity contribution >= 4 is 49.2 Å². The molecule has 4 rings (SSSR count). The van der Waals surface area contributed by atoms with Gasteiger partial charge in [-0.15, -0.1) is 0 Å². The van der Waals surface area contributed by atoms with Crippen LogP contribution in [0.4, 0.5) is 15.9 Å². The summed E-state index contributed by atoms with van der Waals surface area (Å²) >= 11 is 3.31. The molecule has 4 aromatic rings. The van der Waals surface area contributed by atoms with E-state index in [1.807, 2.05) is 0 Å². The van der Waals surface area contributed by atoms with Gasteiger partial charge in [0.05, 0.1) is 22.1 Å². The van der Waals surface area contributed by atoms with Crippen LogP contribution in [0.1, 0.15) is 0 Å². The minimum Gasteiger partial charge on any atom is -0.507 e. The van der Waals surface area contributed by atoms with Crippen molar-refractivity contribution in [1.82, 2.24) is 15.0 Å². The van der Waals surface area contributed by atoms with E-state index in [2.05, 4.69) is 36.2 Å². The van der Waals surface area contributed by atoms with Gasteiger partial charge in [0.2, 0.25) is 0 Å². The number of fused-ring (bicyclic) bond motifs is 2. The van der Waals surface area contributed by atoms with Gasteiger partial charge >= 0.3 is 0 Å². The number of phenolic OH excluding ortho intramolecular Hbond substituents is 1. The summed E-state index contributed by atoms with van der Waals surface area (Å²) < 4.78 is 15.4. The molecule has 7 heteroatoms. The maximum Gasteiger partial charge on any atom is 0.156 e. The van der Waals surface area contributed by atoms with Crippen LogP contribution in [0, 0.1) is 5.82 Å². The smallest absolute Gasteiger partial charge is 0.156 e. The molecule has 2 aromatic heterocycles. The first-order valence-corrected chi connectivity index (χ1v) is 7.86. The van der Waals surface area contributed by atoms with E-state index in [-0.39, 0.29) is 11.4 Å². The van der Waals surface area contributed by atoms with Crippen LogP contribution < -0.4 is 5.32 Å². The second-order valence-electron chi connectivity index (χ2n) is 5.16. The molecular formula is C17H10BrFN4O. The van der Waals surface area contributed by atoms with Crippen LogP contribution in [0.5, 0.6) is 5.75 Å². The standard InChI is InChI=1S/C17H10BrFN4O/c18-9-6-13-15(14(24)7-9)17(22-8-21-13)23-12-4-3-11-10(16(12)19)2-1-5-20-11/h1-8,24H,(H,21,22,23). The Kier molecular flexibility index (Phi) is 3.50. The molecule has 0 aliphatic carbocycles. The van der Waals surface area contributed by atoms with Gasteiger partial charge in [-0.3, -0.25) is 4.98 Å². The number of phenols is 1. The number of halogens is 2. The average Bonchev–Trinajstić information content (AvgIpc) is 2.57. The molecule has 118 valence electrons. The van der Waals surface area contributed by atoms with Crippen molar-refractivity contribution < 1.29 is 9.50 Å². The Labute approximate surface area is 144 Å². The molecule has 0 unspecified atom stereocenters. The number of aromatic nitrogens is 3. The first kappa shape index (κ1) is 14.8. The summed E-state index contributed by atoms with van der Waals surface area (Å²) in [6.07, 6.45) is 2.97. The fourth-order valence-corrected chi connectivity index (χ4v) is 3.01. The highest BCUT2D eigenvalue weighted by molar-refractivity contribution is 9.10. The van der Waals surface area contributed by atoms with Crippen molar-refractivity contribution in [2.24, 2.45) is 0 Å². The number of pyridine rings is 1. The van der Waals surface area contributed by atoms with Crippen LogP contribution in [0.15, 0.2) is 53.4 Å². The van der Waals surface area contributed by atoms with Gasteiger partial charge in [-0.05, 0) is 36.4 Å². The number of nitrogens with one attached hydrogen (secondary N) is 1. The van der Waals surface area contributed by atoms with E-state index in [1.165, 1.54) is 12.4 Å². The zero-order valence-electron chi connectivity index (χ0n) is 12.2. The second kappa shape index (κ2) is 5.68. The highest BCUT2D eigenvalue weighted by atomic mass is 79.9. The SMILES string of the molecule is Oc1cc(Br)cc2ncnc(Nc3ccc4ncccc4c3F)c12. The van der Waals surface area contributed by atoms with E-state index in [4.69, 9.17) is 0 Å². The fourth-order valence-electron chi connectivity index (χ4n) is 2.57. The van der Waals surface area contributed by atoms with Crippen LogP contribution in [-0.4, -0.2) is 20.1 Å². The maximum absolute atomic E-state index is 14.7. The molecule has 2 aromatic carbocycles. The van der Waals surface area contributed by atoms with Gasteiger partial charge in [-0.1, -0.05) is 15.9 Å². The first-order chi connectivity index (χ1) is 11.6. The predicted molar refractivity (Wildman–Crippen MR) is 93.9 cm³/mol. The molecule has 0 fully saturated rings. The zero-order valence-corrected chi connectivity index (χ0v) is 13.7. The lowest BCUT2D eigenvalue weighted by Gasteiger charge is -2.11. The van der Waals surface area contributed by atoms with Crippen LogP contribution in [0.3, 0.4) is 0 Å². The van der Waals surface area contributed by atoms with Crippen molar-refractivity contribution in [3.05, 3.63) is 59.2 Å². The van der Waals surface area contributed by atoms with E-state index in [9.17, 15) is 9.50 Å². The van der Waals surface area contributed by atoms with Crippen molar-refractivity contribution in [3.63, 3.8) is 0 Å². The summed E-state index contributed by atoms with van der Waals surface area (Å²) in [5.41, 5.74) is 1.36. The number of anilines is 2. The third-order valence-corrected chi connectivity index (χ3v) is 4.11. The number of benzene rings is 2. The van der Waals surface area contributed by atoms with E-state index in [1.54, 1.807) is 36.5 Å². The number of aromatic hydroxyl groups is 1. The monoisotopic (exact) mass is 384 g/mol. The third-order valence-electron chi connectivity index (χ3n) is 3.65. The van der Waals surface area contributed by atoms with E-state index >= 15 is 0 Å². The summed E-state index contributed by atoms with van der Waals surface area (Å²) in [5.74, 6) is -0.0959. The van der Waals surface area contributed by atoms with Crippen molar-refractivity contribution in [2.45, 2.75) is 0 Å². The third kappa shape index (κ3) is 2.43. The molecule has 0 atom stereocenters. The van der Waals surface area contributed by atoms with Gasteiger partial charge in [0.1, 0.15) is 17.9 Å². The number of rotatable bonds is 2. The molecule has 0 bridgehead atoms. The fraction of sp³-hybridized carbons (Fsp3) is 0. The largest absolute Gasteiger partial charge is 0.507 e. The molecule has 0 amide bonds. The topological polar surface area (TPSA) is 70.9 Å². The molecule has 24 heavy (non-hydrogen) atoms. The molecule has 0 saturated heterocycles. The number of hydrogen-bond donors (Lipinski definition) is 2. The molecule has 5 nitrogen and oxygen atoms in total. The van der Waals surface area contributed by atoms with Crippen molar-refractivity contribution in [1.29, 1.82) is 0 Å². The van der Waals surface area contributed by atoms with Gasteiger partial charge in [-0.25, -0.2) is 14.4 Å². The molecule has 2 heterocycles. The minimum absolute atomic E-state index is 0.00494. The molecule has 0 spiro atoms. The van der Waals surface area contributed by atoms with E-state index in [0.29, 0.717) is 32.1 Å². The summed E-state index contributed by atoms with van der Waals surface area (Å²) in [4.78, 5) is 12.4. The Bertz CT molecular complexity index is 1090. The first-order valence-electron chi connectivity index (χ1n) is 7.07. The molecular weight excluding hydrogens is 375 g/mol. The molecule has 0 radical (unpaired) electrons. The van der Waals surface area contributed by atoms with E-state index < -0.39 is 5.82 Å². The lowest BCUT2D eigenvalue weighted by atomic mass is 10.1. The van der Waals surface area contributed by atoms with Gasteiger partial charge < -0.3 is 10.4 Å².